The number of hydrogen-bond acceptors (Lipinski definition) is 7. The van der Waals surface area contributed by atoms with Crippen LogP contribution < -0.4 is 9.64 Å². The first-order chi connectivity index (χ1) is 18.0. The summed E-state index contributed by atoms with van der Waals surface area (Å²) in [6.07, 6.45) is 3.43. The smallest absolute Gasteiger partial charge is 0.253 e. The third-order valence-electron chi connectivity index (χ3n) is 6.52. The van der Waals surface area contributed by atoms with E-state index in [0.717, 1.165) is 40.3 Å². The van der Waals surface area contributed by atoms with Gasteiger partial charge in [-0.25, -0.2) is 14.6 Å². The Kier molecular flexibility index (Phi) is 7.32. The molecule has 1 aliphatic heterocycles. The summed E-state index contributed by atoms with van der Waals surface area (Å²) in [4.78, 5) is 28.4. The molecule has 3 heterocycles. The molecule has 1 aliphatic rings. The third-order valence-corrected chi connectivity index (χ3v) is 6.52. The molecule has 0 radical (unpaired) electrons. The second-order valence-corrected chi connectivity index (χ2v) is 9.53. The number of carbonyl (C=O) groups excluding carboxylic acids is 1. The third kappa shape index (κ3) is 5.56. The molecule has 0 spiro atoms. The normalized spacial score (nSPS) is 13.9. The van der Waals surface area contributed by atoms with E-state index in [2.05, 4.69) is 30.9 Å². The second-order valence-electron chi connectivity index (χ2n) is 9.53. The molecule has 4 aromatic rings. The Labute approximate surface area is 217 Å². The molecular formula is C28H33N7O2. The molecule has 2 aromatic heterocycles. The molecule has 9 nitrogen and oxygen atoms in total. The summed E-state index contributed by atoms with van der Waals surface area (Å²) in [5.74, 6) is 1.79. The molecule has 1 saturated heterocycles. The lowest BCUT2D eigenvalue weighted by Crippen LogP contribution is -2.49. The molecule has 9 heteroatoms. The Balaban J connectivity index is 1.26. The number of nitrogens with zero attached hydrogens (tertiary/aromatic N) is 7. The summed E-state index contributed by atoms with van der Waals surface area (Å²) in [6.45, 7) is 6.76. The number of piperazine rings is 1. The van der Waals surface area contributed by atoms with Crippen molar-refractivity contribution in [2.45, 2.75) is 20.0 Å². The van der Waals surface area contributed by atoms with Crippen molar-refractivity contribution in [2.24, 2.45) is 0 Å². The van der Waals surface area contributed by atoms with E-state index in [4.69, 9.17) is 4.74 Å². The molecule has 0 saturated carbocycles. The highest BCUT2D eigenvalue weighted by Crippen LogP contribution is 2.25. The number of hydrogen-bond donors (Lipinski definition) is 0. The van der Waals surface area contributed by atoms with Gasteiger partial charge >= 0.3 is 0 Å². The van der Waals surface area contributed by atoms with Crippen LogP contribution in [0.1, 0.15) is 28.4 Å². The lowest BCUT2D eigenvalue weighted by Gasteiger charge is -2.35. The Morgan fingerprint density at radius 2 is 1.78 bits per heavy atom. The first kappa shape index (κ1) is 24.7. The van der Waals surface area contributed by atoms with Crippen LogP contribution in [-0.2, 0) is 13.1 Å². The molecule has 0 unspecified atom stereocenters. The van der Waals surface area contributed by atoms with E-state index in [1.165, 1.54) is 5.56 Å². The molecule has 192 valence electrons. The number of aromatic nitrogens is 4. The van der Waals surface area contributed by atoms with E-state index in [-0.39, 0.29) is 5.91 Å². The van der Waals surface area contributed by atoms with Crippen LogP contribution in [0.2, 0.25) is 0 Å². The van der Waals surface area contributed by atoms with Gasteiger partial charge in [0.1, 0.15) is 17.9 Å². The van der Waals surface area contributed by atoms with Crippen LogP contribution in [0.3, 0.4) is 0 Å². The van der Waals surface area contributed by atoms with Gasteiger partial charge in [0, 0.05) is 38.3 Å². The van der Waals surface area contributed by atoms with Crippen LogP contribution >= 0.6 is 0 Å². The van der Waals surface area contributed by atoms with Crippen LogP contribution in [0, 0.1) is 0 Å². The fraction of sp³-hybridized carbons (Fsp3) is 0.357. The number of carbonyl (C=O) groups is 1. The van der Waals surface area contributed by atoms with Gasteiger partial charge in [-0.15, -0.1) is 0 Å². The summed E-state index contributed by atoms with van der Waals surface area (Å²) in [6, 6.07) is 16.0. The Bertz CT molecular complexity index is 1360. The van der Waals surface area contributed by atoms with E-state index >= 15 is 0 Å². The Morgan fingerprint density at radius 3 is 2.51 bits per heavy atom. The van der Waals surface area contributed by atoms with Crippen LogP contribution in [-0.4, -0.2) is 82.3 Å². The fourth-order valence-electron chi connectivity index (χ4n) is 4.74. The molecule has 1 amide bonds. The van der Waals surface area contributed by atoms with Crippen LogP contribution in [0.25, 0.3) is 11.0 Å². The zero-order chi connectivity index (χ0) is 25.8. The molecule has 0 bridgehead atoms. The Hall–Kier alpha value is -3.98. The maximum absolute atomic E-state index is 13.1. The highest BCUT2D eigenvalue weighted by molar-refractivity contribution is 5.94. The minimum atomic E-state index is 0.0750. The fourth-order valence-corrected chi connectivity index (χ4v) is 4.74. The van der Waals surface area contributed by atoms with Crippen molar-refractivity contribution in [1.82, 2.24) is 29.5 Å². The number of rotatable bonds is 8. The quantitative estimate of drug-likeness (QED) is 0.368. The summed E-state index contributed by atoms with van der Waals surface area (Å²) in [5.41, 5.74) is 3.82. The molecule has 37 heavy (non-hydrogen) atoms. The van der Waals surface area contributed by atoms with E-state index in [0.29, 0.717) is 39.3 Å². The van der Waals surface area contributed by atoms with Gasteiger partial charge in [-0.05, 0) is 56.4 Å². The highest BCUT2D eigenvalue weighted by Gasteiger charge is 2.25. The van der Waals surface area contributed by atoms with E-state index in [9.17, 15) is 4.79 Å². The lowest BCUT2D eigenvalue weighted by molar-refractivity contribution is 0.0746. The largest absolute Gasteiger partial charge is 0.494 e. The summed E-state index contributed by atoms with van der Waals surface area (Å²) >= 11 is 0. The van der Waals surface area contributed by atoms with Crippen molar-refractivity contribution in [3.63, 3.8) is 0 Å². The van der Waals surface area contributed by atoms with Gasteiger partial charge in [-0.1, -0.05) is 24.3 Å². The minimum Gasteiger partial charge on any atom is -0.494 e. The number of fused-ring (bicyclic) bond motifs is 1. The van der Waals surface area contributed by atoms with Crippen molar-refractivity contribution in [3.05, 3.63) is 77.7 Å². The van der Waals surface area contributed by atoms with Crippen molar-refractivity contribution in [2.75, 3.05) is 51.8 Å². The standard InChI is InChI=1S/C28H33N7O2/c1-4-37-24-7-5-6-22(16-24)19-35-27-25(17-31-35)26(29-20-30-27)33-12-14-34(15-13-33)28(36)23-10-8-21(9-11-23)18-32(2)3/h5-11,16-17,20H,4,12-15,18-19H2,1-3H3. The number of anilines is 1. The molecule has 5 rings (SSSR count). The monoisotopic (exact) mass is 499 g/mol. The average molecular weight is 500 g/mol. The summed E-state index contributed by atoms with van der Waals surface area (Å²) in [7, 11) is 4.08. The predicted octanol–water partition coefficient (Wildman–Crippen LogP) is 3.30. The first-order valence-electron chi connectivity index (χ1n) is 12.7. The van der Waals surface area contributed by atoms with Crippen molar-refractivity contribution in [3.8, 4) is 5.75 Å². The molecule has 1 fully saturated rings. The van der Waals surface area contributed by atoms with Crippen LogP contribution in [0.4, 0.5) is 5.82 Å². The van der Waals surface area contributed by atoms with E-state index in [1.54, 1.807) is 6.33 Å². The van der Waals surface area contributed by atoms with Gasteiger partial charge in [0.25, 0.3) is 5.91 Å². The summed E-state index contributed by atoms with van der Waals surface area (Å²) < 4.78 is 7.53. The van der Waals surface area contributed by atoms with Crippen molar-refractivity contribution in [1.29, 1.82) is 0 Å². The second kappa shape index (κ2) is 11.0. The van der Waals surface area contributed by atoms with E-state index < -0.39 is 0 Å². The SMILES string of the molecule is CCOc1cccc(Cn2ncc3c(N4CCN(C(=O)c5ccc(CN(C)C)cc5)CC4)ncnc32)c1. The molecular weight excluding hydrogens is 466 g/mol. The minimum absolute atomic E-state index is 0.0750. The van der Waals surface area contributed by atoms with Gasteiger partial charge < -0.3 is 19.4 Å². The zero-order valence-electron chi connectivity index (χ0n) is 21.7. The molecule has 0 atom stereocenters. The molecule has 2 aromatic carbocycles. The highest BCUT2D eigenvalue weighted by atomic mass is 16.5. The first-order valence-corrected chi connectivity index (χ1v) is 12.7. The van der Waals surface area contributed by atoms with Gasteiger partial charge in [0.15, 0.2) is 5.65 Å². The molecule has 0 aliphatic carbocycles. The van der Waals surface area contributed by atoms with Crippen molar-refractivity contribution < 1.29 is 9.53 Å². The maximum Gasteiger partial charge on any atom is 0.253 e. The summed E-state index contributed by atoms with van der Waals surface area (Å²) in [5, 5.41) is 5.53. The van der Waals surface area contributed by atoms with Gasteiger partial charge in [0.2, 0.25) is 0 Å². The van der Waals surface area contributed by atoms with Crippen molar-refractivity contribution >= 4 is 22.8 Å². The Morgan fingerprint density at radius 1 is 1.00 bits per heavy atom. The van der Waals surface area contributed by atoms with Crippen LogP contribution in [0.5, 0.6) is 5.75 Å². The van der Waals surface area contributed by atoms with Gasteiger partial charge in [-0.2, -0.15) is 5.10 Å². The number of benzene rings is 2. The lowest BCUT2D eigenvalue weighted by atomic mass is 10.1. The van der Waals surface area contributed by atoms with Gasteiger partial charge in [0.05, 0.1) is 24.7 Å². The topological polar surface area (TPSA) is 79.6 Å². The number of ether oxygens (including phenoxy) is 1. The van der Waals surface area contributed by atoms with Gasteiger partial charge in [-0.3, -0.25) is 4.79 Å². The van der Waals surface area contributed by atoms with E-state index in [1.807, 2.05) is 79.3 Å². The number of amides is 1. The van der Waals surface area contributed by atoms with Crippen LogP contribution in [0.15, 0.2) is 61.1 Å². The molecule has 0 N–H and O–H groups in total. The predicted molar refractivity (Wildman–Crippen MR) is 144 cm³/mol. The zero-order valence-corrected chi connectivity index (χ0v) is 21.7. The maximum atomic E-state index is 13.1. The average Bonchev–Trinajstić information content (AvgIpc) is 3.32.